The van der Waals surface area contributed by atoms with Gasteiger partial charge in [-0.25, -0.2) is 14.6 Å². The third kappa shape index (κ3) is 12.1. The molecule has 11 heteroatoms. The molecule has 10 nitrogen and oxygen atoms in total. The third-order valence-corrected chi connectivity index (χ3v) is 19.3. The first-order valence-corrected chi connectivity index (χ1v) is 33.9. The molecule has 1 N–H and O–H groups in total. The number of hydrogen-bond acceptors (Lipinski definition) is 9. The number of anilines is 3. The smallest absolute Gasteiger partial charge is 0.338 e. The molecule has 89 heavy (non-hydrogen) atoms. The largest absolute Gasteiger partial charge is 0.494 e. The third-order valence-electron chi connectivity index (χ3n) is 18.4. The number of para-hydroxylation sites is 2. The van der Waals surface area contributed by atoms with E-state index < -0.39 is 0 Å². The first-order chi connectivity index (χ1) is 43.0. The first kappa shape index (κ1) is 62.7. The van der Waals surface area contributed by atoms with Crippen LogP contribution in [0.15, 0.2) is 109 Å². The highest BCUT2D eigenvalue weighted by atomic mass is 32.1. The summed E-state index contributed by atoms with van der Waals surface area (Å²) in [4.78, 5) is 79.6. The lowest BCUT2D eigenvalue weighted by atomic mass is 9.79. The summed E-state index contributed by atoms with van der Waals surface area (Å²) in [5, 5.41) is 11.9. The van der Waals surface area contributed by atoms with Crippen molar-refractivity contribution < 1.29 is 33.4 Å². The lowest BCUT2D eigenvalue weighted by Crippen LogP contribution is -2.42. The van der Waals surface area contributed by atoms with Gasteiger partial charge in [-0.15, -0.1) is 11.3 Å². The molecule has 0 saturated carbocycles. The van der Waals surface area contributed by atoms with Gasteiger partial charge in [0, 0.05) is 60.9 Å². The monoisotopic (exact) mass is 1210 g/mol. The van der Waals surface area contributed by atoms with Crippen molar-refractivity contribution in [1.82, 2.24) is 0 Å². The highest BCUT2D eigenvalue weighted by Gasteiger charge is 2.42. The number of ether oxygens (including phenoxy) is 2. The molecule has 2 aliphatic rings. The van der Waals surface area contributed by atoms with Gasteiger partial charge >= 0.3 is 5.97 Å². The molecule has 0 unspecified atom stereocenters. The van der Waals surface area contributed by atoms with E-state index in [1.807, 2.05) is 103 Å². The summed E-state index contributed by atoms with van der Waals surface area (Å²) in [6, 6.07) is 33.5. The van der Waals surface area contributed by atoms with Crippen molar-refractivity contribution >= 4 is 101 Å². The van der Waals surface area contributed by atoms with Crippen molar-refractivity contribution in [3.63, 3.8) is 0 Å². The maximum absolute atomic E-state index is 15.7. The van der Waals surface area contributed by atoms with E-state index in [0.717, 1.165) is 108 Å². The van der Waals surface area contributed by atoms with Crippen LogP contribution in [0.25, 0.3) is 53.5 Å². The summed E-state index contributed by atoms with van der Waals surface area (Å²) in [5.41, 5.74) is 9.77. The minimum absolute atomic E-state index is 0.0258. The number of carbonyl (C=O) groups excluding carboxylic acids is 5. The Hall–Kier alpha value is -7.89. The van der Waals surface area contributed by atoms with E-state index in [1.54, 1.807) is 17.4 Å². The van der Waals surface area contributed by atoms with Crippen LogP contribution in [-0.4, -0.2) is 49.4 Å². The zero-order valence-corrected chi connectivity index (χ0v) is 54.7. The fourth-order valence-corrected chi connectivity index (χ4v) is 14.7. The number of unbranched alkanes of at least 4 members (excludes halogenated alkanes) is 12. The zero-order valence-electron chi connectivity index (χ0n) is 53.9. The van der Waals surface area contributed by atoms with Crippen LogP contribution in [0, 0.1) is 6.92 Å². The Morgan fingerprint density at radius 1 is 0.472 bits per heavy atom. The molecule has 0 spiro atoms. The Balaban J connectivity index is 0.914. The van der Waals surface area contributed by atoms with Gasteiger partial charge in [-0.1, -0.05) is 181 Å². The van der Waals surface area contributed by atoms with Crippen LogP contribution in [0.2, 0.25) is 0 Å². The van der Waals surface area contributed by atoms with Gasteiger partial charge in [0.05, 0.1) is 35.7 Å². The fourth-order valence-electron chi connectivity index (χ4n) is 14.0. The number of nitrogens with zero attached hydrogens (tertiary/aromatic N) is 2. The second-order valence-corrected chi connectivity index (χ2v) is 27.1. The lowest BCUT2D eigenvalue weighted by Gasteiger charge is -2.34. The average molecular weight is 1210 g/mol. The second kappa shape index (κ2) is 27.1. The summed E-state index contributed by atoms with van der Waals surface area (Å²) < 4.78 is 11.9. The summed E-state index contributed by atoms with van der Waals surface area (Å²) in [7, 11) is 0. The van der Waals surface area contributed by atoms with Gasteiger partial charge in [0.25, 0.3) is 23.6 Å². The summed E-state index contributed by atoms with van der Waals surface area (Å²) in [6.45, 7) is 22.5. The van der Waals surface area contributed by atoms with Crippen LogP contribution in [-0.2, 0) is 4.74 Å². The van der Waals surface area contributed by atoms with Crippen molar-refractivity contribution in [2.45, 2.75) is 183 Å². The number of esters is 1. The SMILES string of the molecule is CCCCCCCCCCCCOc1cc(C)cc(C(=O)OCCCCCCNc2cc3c4c(ccc5c6c(-c7cccs7)cc7c8c(ccc(c2c45)c86)C(=O)N(c2c(C(C)C)cccc2C(C)C)C7=O)C(=O)N(c2c(C(C)C)cccc2C(C)C)C3=O)c1. The van der Waals surface area contributed by atoms with E-state index >= 15 is 19.2 Å². The normalized spacial score (nSPS) is 13.4. The van der Waals surface area contributed by atoms with E-state index in [9.17, 15) is 4.79 Å². The van der Waals surface area contributed by atoms with E-state index in [0.29, 0.717) is 81.9 Å². The number of thiophene rings is 1. The second-order valence-electron chi connectivity index (χ2n) is 26.1. The predicted octanol–water partition coefficient (Wildman–Crippen LogP) is 21.0. The minimum Gasteiger partial charge on any atom is -0.494 e. The van der Waals surface area contributed by atoms with E-state index in [1.165, 1.54) is 61.2 Å². The van der Waals surface area contributed by atoms with Crippen molar-refractivity contribution in [2.24, 2.45) is 0 Å². The van der Waals surface area contributed by atoms with E-state index in [2.05, 4.69) is 73.7 Å². The van der Waals surface area contributed by atoms with Crippen LogP contribution >= 0.6 is 11.3 Å². The van der Waals surface area contributed by atoms with Crippen molar-refractivity contribution in [3.05, 3.63) is 164 Å². The van der Waals surface area contributed by atoms with Gasteiger partial charge in [-0.3, -0.25) is 19.2 Å². The summed E-state index contributed by atoms with van der Waals surface area (Å²) >= 11 is 1.58. The molecule has 2 aliphatic heterocycles. The minimum atomic E-state index is -0.384. The number of carbonyl (C=O) groups is 5. The van der Waals surface area contributed by atoms with Crippen molar-refractivity contribution in [1.29, 1.82) is 0 Å². The quantitative estimate of drug-likeness (QED) is 0.0169. The number of rotatable bonds is 28. The molecule has 0 radical (unpaired) electrons. The van der Waals surface area contributed by atoms with Gasteiger partial charge in [-0.2, -0.15) is 0 Å². The van der Waals surface area contributed by atoms with Crippen LogP contribution in [0.5, 0.6) is 5.75 Å². The number of aryl methyl sites for hydroxylation is 1. The number of amides is 4. The molecule has 1 aromatic heterocycles. The standard InChI is InChI=1S/C78H87N3O7S/c1-11-12-13-14-15-16-17-18-20-23-38-87-52-42-50(10)41-51(43-52)78(86)88-39-24-21-19-22-37-79-64-45-63-68-60(75(83)81(77(63)85)73-55(48(6)7)30-26-31-56(73)49(8)9)35-33-57-66-61(65-32-27-40-89-65)44-62-67-59(36-34-58(70(66)67)69(64)71(57)68)74(82)80(76(62)84)72-53(46(2)3)28-25-29-54(72)47(4)5/h25-36,40-49,79H,11-24,37-39H2,1-10H3. The number of fused-ring (bicyclic) bond motifs is 2. The molecule has 11 rings (SSSR count). The van der Waals surface area contributed by atoms with Gasteiger partial charge in [0.1, 0.15) is 5.75 Å². The predicted molar refractivity (Wildman–Crippen MR) is 368 cm³/mol. The molecule has 9 aromatic rings. The van der Waals surface area contributed by atoms with Gasteiger partial charge in [0.2, 0.25) is 0 Å². The van der Waals surface area contributed by atoms with Crippen LogP contribution in [0.3, 0.4) is 0 Å². The van der Waals surface area contributed by atoms with Crippen molar-refractivity contribution in [2.75, 3.05) is 34.9 Å². The van der Waals surface area contributed by atoms with Gasteiger partial charge < -0.3 is 14.8 Å². The number of benzene rings is 8. The number of nitrogens with one attached hydrogen (secondary N) is 1. The van der Waals surface area contributed by atoms with Crippen molar-refractivity contribution in [3.8, 4) is 16.2 Å². The Morgan fingerprint density at radius 2 is 0.955 bits per heavy atom. The Morgan fingerprint density at radius 3 is 1.48 bits per heavy atom. The molecule has 0 aliphatic carbocycles. The lowest BCUT2D eigenvalue weighted by molar-refractivity contribution is 0.0496. The Labute approximate surface area is 529 Å². The molecular formula is C78H87N3O7S. The first-order valence-electron chi connectivity index (χ1n) is 33.0. The summed E-state index contributed by atoms with van der Waals surface area (Å²) in [5.74, 6) is -1.03. The molecule has 462 valence electrons. The highest BCUT2D eigenvalue weighted by molar-refractivity contribution is 7.13. The molecular weight excluding hydrogens is 1120 g/mol. The molecule has 4 amide bonds. The topological polar surface area (TPSA) is 122 Å². The maximum Gasteiger partial charge on any atom is 0.338 e. The highest BCUT2D eigenvalue weighted by Crippen LogP contribution is 2.53. The molecule has 0 atom stereocenters. The van der Waals surface area contributed by atoms with Crippen LogP contribution in [0.1, 0.15) is 255 Å². The zero-order chi connectivity index (χ0) is 62.8. The molecule has 0 fully saturated rings. The maximum atomic E-state index is 15.7. The number of imide groups is 2. The van der Waals surface area contributed by atoms with Gasteiger partial charge in [0.15, 0.2) is 0 Å². The molecule has 8 aromatic carbocycles. The number of hydrogen-bond donors (Lipinski definition) is 1. The van der Waals surface area contributed by atoms with Crippen LogP contribution < -0.4 is 19.9 Å². The van der Waals surface area contributed by atoms with Gasteiger partial charge in [-0.05, 0) is 160 Å². The van der Waals surface area contributed by atoms with E-state index in [-0.39, 0.29) is 53.3 Å². The van der Waals surface area contributed by atoms with E-state index in [4.69, 9.17) is 9.47 Å². The Kier molecular flexibility index (Phi) is 19.1. The fraction of sp³-hybridized carbons (Fsp3) is 0.397. The molecule has 0 saturated heterocycles. The average Bonchev–Trinajstić information content (AvgIpc) is 0.864. The Bertz CT molecular complexity index is 4100. The molecule has 3 heterocycles. The summed E-state index contributed by atoms with van der Waals surface area (Å²) in [6.07, 6.45) is 15.7. The molecule has 0 bridgehead atoms. The van der Waals surface area contributed by atoms with Crippen LogP contribution in [0.4, 0.5) is 17.1 Å².